The minimum Gasteiger partial charge on any atom is -0.508 e. The van der Waals surface area contributed by atoms with E-state index in [2.05, 4.69) is 13.8 Å². The fourth-order valence-corrected chi connectivity index (χ4v) is 2.45. The van der Waals surface area contributed by atoms with Gasteiger partial charge in [0.2, 0.25) is 0 Å². The van der Waals surface area contributed by atoms with Gasteiger partial charge in [-0.05, 0) is 38.5 Å². The van der Waals surface area contributed by atoms with Crippen molar-refractivity contribution in [2.75, 3.05) is 0 Å². The van der Waals surface area contributed by atoms with Gasteiger partial charge < -0.3 is 14.8 Å². The normalized spacial score (nSPS) is 12.8. The molecule has 1 atom stereocenters. The highest BCUT2D eigenvalue weighted by Crippen LogP contribution is 2.32. The zero-order valence-electron chi connectivity index (χ0n) is 10.8. The molecule has 18 heavy (non-hydrogen) atoms. The Morgan fingerprint density at radius 2 is 2.11 bits per heavy atom. The van der Waals surface area contributed by atoms with Gasteiger partial charge >= 0.3 is 5.97 Å². The van der Waals surface area contributed by atoms with E-state index in [9.17, 15) is 15.0 Å². The maximum Gasteiger partial charge on any atom is 0.338 e. The third-order valence-corrected chi connectivity index (χ3v) is 3.48. The van der Waals surface area contributed by atoms with Crippen molar-refractivity contribution in [3.63, 3.8) is 0 Å². The van der Waals surface area contributed by atoms with Crippen LogP contribution in [0.5, 0.6) is 5.75 Å². The molecule has 2 rings (SSSR count). The number of carbonyl (C=O) groups is 1. The molecule has 2 N–H and O–H groups in total. The van der Waals surface area contributed by atoms with E-state index in [0.29, 0.717) is 5.39 Å². The summed E-state index contributed by atoms with van der Waals surface area (Å²) in [6, 6.07) is 5.11. The lowest BCUT2D eigenvalue weighted by molar-refractivity contribution is 0.0698. The second kappa shape index (κ2) is 4.37. The Bertz CT molecular complexity index is 613. The lowest BCUT2D eigenvalue weighted by Crippen LogP contribution is -2.07. The first-order valence-electron chi connectivity index (χ1n) is 6.04. The van der Waals surface area contributed by atoms with Crippen LogP contribution >= 0.6 is 0 Å². The van der Waals surface area contributed by atoms with E-state index < -0.39 is 5.97 Å². The summed E-state index contributed by atoms with van der Waals surface area (Å²) in [6.07, 6.45) is 0.921. The van der Waals surface area contributed by atoms with Crippen molar-refractivity contribution in [3.8, 4) is 5.75 Å². The smallest absolute Gasteiger partial charge is 0.338 e. The highest BCUT2D eigenvalue weighted by atomic mass is 16.4. The Morgan fingerprint density at radius 3 is 2.67 bits per heavy atom. The van der Waals surface area contributed by atoms with Gasteiger partial charge in [0, 0.05) is 22.6 Å². The van der Waals surface area contributed by atoms with Crippen LogP contribution in [0.3, 0.4) is 0 Å². The van der Waals surface area contributed by atoms with E-state index in [4.69, 9.17) is 0 Å². The molecule has 0 aliphatic rings. The van der Waals surface area contributed by atoms with Gasteiger partial charge in [-0.3, -0.25) is 0 Å². The number of phenols is 1. The standard InChI is InChI=1S/C14H17NO3/c1-4-8(2)15-9(3)13(14(17)18)11-7-10(16)5-6-12(11)15/h5-8,16H,4H2,1-3H3,(H,17,18)/t8-/m1/s1. The van der Waals surface area contributed by atoms with Crippen molar-refractivity contribution in [2.45, 2.75) is 33.2 Å². The van der Waals surface area contributed by atoms with Crippen molar-refractivity contribution < 1.29 is 15.0 Å². The summed E-state index contributed by atoms with van der Waals surface area (Å²) in [6.45, 7) is 5.94. The van der Waals surface area contributed by atoms with Gasteiger partial charge in [0.05, 0.1) is 5.56 Å². The Labute approximate surface area is 105 Å². The van der Waals surface area contributed by atoms with Gasteiger partial charge in [0.25, 0.3) is 0 Å². The molecule has 2 aromatic rings. The lowest BCUT2D eigenvalue weighted by Gasteiger charge is -2.15. The van der Waals surface area contributed by atoms with E-state index in [-0.39, 0.29) is 17.4 Å². The summed E-state index contributed by atoms with van der Waals surface area (Å²) in [5.74, 6) is -0.864. The summed E-state index contributed by atoms with van der Waals surface area (Å²) in [5, 5.41) is 19.5. The molecule has 96 valence electrons. The summed E-state index contributed by atoms with van der Waals surface area (Å²) in [4.78, 5) is 11.4. The summed E-state index contributed by atoms with van der Waals surface area (Å²) < 4.78 is 2.03. The Balaban J connectivity index is 2.87. The van der Waals surface area contributed by atoms with Crippen LogP contribution in [0.4, 0.5) is 0 Å². The van der Waals surface area contributed by atoms with Crippen molar-refractivity contribution in [2.24, 2.45) is 0 Å². The molecule has 0 amide bonds. The second-order valence-corrected chi connectivity index (χ2v) is 4.59. The molecular weight excluding hydrogens is 230 g/mol. The van der Waals surface area contributed by atoms with Crippen molar-refractivity contribution >= 4 is 16.9 Å². The van der Waals surface area contributed by atoms with Gasteiger partial charge in [-0.1, -0.05) is 6.92 Å². The van der Waals surface area contributed by atoms with Gasteiger partial charge in [0.1, 0.15) is 5.75 Å². The molecule has 0 fully saturated rings. The van der Waals surface area contributed by atoms with Crippen molar-refractivity contribution in [1.29, 1.82) is 0 Å². The molecule has 1 aromatic carbocycles. The van der Waals surface area contributed by atoms with Gasteiger partial charge in [-0.2, -0.15) is 0 Å². The van der Waals surface area contributed by atoms with Crippen LogP contribution < -0.4 is 0 Å². The Kier molecular flexibility index (Phi) is 3.03. The van der Waals surface area contributed by atoms with E-state index in [1.807, 2.05) is 11.5 Å². The number of rotatable bonds is 3. The fraction of sp³-hybridized carbons (Fsp3) is 0.357. The molecule has 0 unspecified atom stereocenters. The van der Waals surface area contributed by atoms with E-state index in [0.717, 1.165) is 17.6 Å². The van der Waals surface area contributed by atoms with Gasteiger partial charge in [-0.15, -0.1) is 0 Å². The average molecular weight is 247 g/mol. The predicted octanol–water partition coefficient (Wildman–Crippen LogP) is 3.32. The third-order valence-electron chi connectivity index (χ3n) is 3.48. The van der Waals surface area contributed by atoms with Gasteiger partial charge in [0.15, 0.2) is 0 Å². The molecule has 0 aliphatic heterocycles. The molecular formula is C14H17NO3. The van der Waals surface area contributed by atoms with Crippen LogP contribution in [0, 0.1) is 6.92 Å². The number of carboxylic acids is 1. The summed E-state index contributed by atoms with van der Waals surface area (Å²) in [7, 11) is 0. The molecule has 0 bridgehead atoms. The topological polar surface area (TPSA) is 62.5 Å². The first-order chi connectivity index (χ1) is 8.47. The van der Waals surface area contributed by atoms with Crippen LogP contribution in [0.2, 0.25) is 0 Å². The van der Waals surface area contributed by atoms with Crippen LogP contribution in [0.15, 0.2) is 18.2 Å². The maximum absolute atomic E-state index is 11.4. The number of benzene rings is 1. The van der Waals surface area contributed by atoms with Crippen molar-refractivity contribution in [3.05, 3.63) is 29.5 Å². The Morgan fingerprint density at radius 1 is 1.44 bits per heavy atom. The predicted molar refractivity (Wildman–Crippen MR) is 70.3 cm³/mol. The zero-order valence-corrected chi connectivity index (χ0v) is 10.8. The minimum absolute atomic E-state index is 0.0892. The van der Waals surface area contributed by atoms with Crippen molar-refractivity contribution in [1.82, 2.24) is 4.57 Å². The number of aromatic nitrogens is 1. The van der Waals surface area contributed by atoms with E-state index in [1.54, 1.807) is 12.1 Å². The number of aromatic hydroxyl groups is 1. The minimum atomic E-state index is -0.954. The molecule has 0 radical (unpaired) electrons. The molecule has 4 heteroatoms. The van der Waals surface area contributed by atoms with Crippen LogP contribution in [0.1, 0.15) is 42.4 Å². The lowest BCUT2D eigenvalue weighted by atomic mass is 10.1. The fourth-order valence-electron chi connectivity index (χ4n) is 2.45. The van der Waals surface area contributed by atoms with Crippen LogP contribution in [0.25, 0.3) is 10.9 Å². The second-order valence-electron chi connectivity index (χ2n) is 4.59. The highest BCUT2D eigenvalue weighted by Gasteiger charge is 2.21. The molecule has 4 nitrogen and oxygen atoms in total. The highest BCUT2D eigenvalue weighted by molar-refractivity contribution is 6.05. The SMILES string of the molecule is CC[C@@H](C)n1c(C)c(C(=O)O)c2cc(O)ccc21. The quantitative estimate of drug-likeness (QED) is 0.874. The summed E-state index contributed by atoms with van der Waals surface area (Å²) in [5.41, 5.74) is 1.87. The third kappa shape index (κ3) is 1.74. The van der Waals surface area contributed by atoms with E-state index in [1.165, 1.54) is 6.07 Å². The number of fused-ring (bicyclic) bond motifs is 1. The zero-order chi connectivity index (χ0) is 13.4. The average Bonchev–Trinajstić information content (AvgIpc) is 2.59. The molecule has 1 heterocycles. The monoisotopic (exact) mass is 247 g/mol. The molecule has 0 aliphatic carbocycles. The molecule has 0 spiro atoms. The largest absolute Gasteiger partial charge is 0.508 e. The molecule has 1 aromatic heterocycles. The van der Waals surface area contributed by atoms with Gasteiger partial charge in [-0.25, -0.2) is 4.79 Å². The number of hydrogen-bond donors (Lipinski definition) is 2. The molecule has 0 saturated heterocycles. The van der Waals surface area contributed by atoms with Crippen LogP contribution in [-0.2, 0) is 0 Å². The van der Waals surface area contributed by atoms with E-state index >= 15 is 0 Å². The first kappa shape index (κ1) is 12.5. The summed E-state index contributed by atoms with van der Waals surface area (Å²) >= 11 is 0. The number of phenolic OH excluding ortho intramolecular Hbond substituents is 1. The Hall–Kier alpha value is -1.97. The molecule has 0 saturated carbocycles. The van der Waals surface area contributed by atoms with Crippen LogP contribution in [-0.4, -0.2) is 20.7 Å². The maximum atomic E-state index is 11.4. The number of carboxylic acid groups (broad SMARTS) is 1. The number of nitrogens with zero attached hydrogens (tertiary/aromatic N) is 1. The number of hydrogen-bond acceptors (Lipinski definition) is 2. The first-order valence-corrected chi connectivity index (χ1v) is 6.04. The number of aromatic carboxylic acids is 1.